The summed E-state index contributed by atoms with van der Waals surface area (Å²) in [5, 5.41) is 0. The van der Waals surface area contributed by atoms with Gasteiger partial charge in [-0.2, -0.15) is 0 Å². The Kier molecular flexibility index (Phi) is 6.16. The van der Waals surface area contributed by atoms with Gasteiger partial charge in [-0.15, -0.1) is 0 Å². The third kappa shape index (κ3) is 3.51. The number of hydrogen-bond acceptors (Lipinski definition) is 4. The molecule has 2 bridgehead atoms. The summed E-state index contributed by atoms with van der Waals surface area (Å²) in [4.78, 5) is 12.3. The van der Waals surface area contributed by atoms with Crippen molar-refractivity contribution in [2.75, 3.05) is 13.2 Å². The lowest BCUT2D eigenvalue weighted by Gasteiger charge is -2.41. The van der Waals surface area contributed by atoms with Gasteiger partial charge in [-0.05, 0) is 87.3 Å². The van der Waals surface area contributed by atoms with Gasteiger partial charge in [0.25, 0.3) is 0 Å². The summed E-state index contributed by atoms with van der Waals surface area (Å²) in [5.41, 5.74) is 6.29. The molecule has 1 saturated carbocycles. The van der Waals surface area contributed by atoms with Crippen LogP contribution in [0.3, 0.4) is 0 Å². The smallest absolute Gasteiger partial charge is 0.307 e. The summed E-state index contributed by atoms with van der Waals surface area (Å²) in [6.45, 7) is 6.75. The highest BCUT2D eigenvalue weighted by Crippen LogP contribution is 2.72. The van der Waals surface area contributed by atoms with Crippen LogP contribution >= 0.6 is 0 Å². The normalized spacial score (nSPS) is 26.8. The Labute approximate surface area is 220 Å². The molecule has 37 heavy (non-hydrogen) atoms. The summed E-state index contributed by atoms with van der Waals surface area (Å²) in [6, 6.07) is 10.2. The van der Waals surface area contributed by atoms with Gasteiger partial charge in [-0.25, -0.2) is 0 Å². The predicted octanol–water partition coefficient (Wildman–Crippen LogP) is 6.50. The fourth-order valence-electron chi connectivity index (χ4n) is 7.80. The first-order valence-corrected chi connectivity index (χ1v) is 14.0. The molecule has 2 aromatic rings. The molecule has 4 nitrogen and oxygen atoms in total. The van der Waals surface area contributed by atoms with E-state index in [0.29, 0.717) is 13.2 Å². The molecule has 0 unspecified atom stereocenters. The van der Waals surface area contributed by atoms with Crippen molar-refractivity contribution in [2.45, 2.75) is 83.2 Å². The molecule has 4 aliphatic rings. The largest absolute Gasteiger partial charge is 0.492 e. The van der Waals surface area contributed by atoms with Crippen molar-refractivity contribution in [3.05, 3.63) is 75.5 Å². The fraction of sp³-hybridized carbons (Fsp3) is 0.485. The molecule has 4 aliphatic carbocycles. The standard InChI is InChI=1S/C33H36O4/c1-4-35-31-26(19-18-23-13-7-6-8-14-23)24-15-9-10-16-25(24)29-30(31)33(36-5-2)21-28(37-22(3)34)32(29)20-12-11-17-27(32)33/h6-8,13-14,21,27H,4-5,9-12,15-17,20H2,1-3H3/t27-,32-,33+/m1/s1. The van der Waals surface area contributed by atoms with Crippen molar-refractivity contribution in [1.82, 2.24) is 0 Å². The van der Waals surface area contributed by atoms with Gasteiger partial charge in [0.05, 0.1) is 17.6 Å². The first-order chi connectivity index (χ1) is 18.1. The van der Waals surface area contributed by atoms with Crippen LogP contribution in [0.4, 0.5) is 0 Å². The molecule has 4 heteroatoms. The number of benzene rings is 2. The minimum absolute atomic E-state index is 0.209. The van der Waals surface area contributed by atoms with Crippen LogP contribution in [-0.2, 0) is 38.1 Å². The fourth-order valence-corrected chi connectivity index (χ4v) is 7.80. The monoisotopic (exact) mass is 496 g/mol. The van der Waals surface area contributed by atoms with Gasteiger partial charge in [0.2, 0.25) is 0 Å². The third-order valence-corrected chi connectivity index (χ3v) is 8.86. The maximum absolute atomic E-state index is 12.3. The summed E-state index contributed by atoms with van der Waals surface area (Å²) in [6.07, 6.45) is 10.8. The number of carbonyl (C=O) groups is 1. The second-order valence-corrected chi connectivity index (χ2v) is 10.8. The summed E-state index contributed by atoms with van der Waals surface area (Å²) < 4.78 is 19.4. The zero-order valence-corrected chi connectivity index (χ0v) is 22.2. The molecule has 192 valence electrons. The van der Waals surface area contributed by atoms with Crippen LogP contribution in [0.5, 0.6) is 5.75 Å². The van der Waals surface area contributed by atoms with Gasteiger partial charge in [0, 0.05) is 30.6 Å². The van der Waals surface area contributed by atoms with E-state index < -0.39 is 5.60 Å². The zero-order chi connectivity index (χ0) is 25.6. The number of carbonyl (C=O) groups excluding carboxylic acids is 1. The first-order valence-electron chi connectivity index (χ1n) is 14.0. The van der Waals surface area contributed by atoms with Crippen LogP contribution in [0.1, 0.15) is 92.7 Å². The van der Waals surface area contributed by atoms with Crippen LogP contribution in [-0.4, -0.2) is 19.2 Å². The number of rotatable bonds is 5. The first kappa shape index (κ1) is 24.3. The predicted molar refractivity (Wildman–Crippen MR) is 143 cm³/mol. The molecule has 6 rings (SSSR count). The van der Waals surface area contributed by atoms with Crippen LogP contribution in [0, 0.1) is 17.8 Å². The molecule has 0 heterocycles. The number of esters is 1. The van der Waals surface area contributed by atoms with Crippen molar-refractivity contribution in [2.24, 2.45) is 5.92 Å². The average Bonchev–Trinajstić information content (AvgIpc) is 3.32. The van der Waals surface area contributed by atoms with E-state index in [1.165, 1.54) is 23.6 Å². The van der Waals surface area contributed by atoms with Crippen LogP contribution < -0.4 is 4.74 Å². The van der Waals surface area contributed by atoms with E-state index in [4.69, 9.17) is 14.2 Å². The number of ether oxygens (including phenoxy) is 3. The van der Waals surface area contributed by atoms with E-state index in [1.54, 1.807) is 0 Å². The maximum Gasteiger partial charge on any atom is 0.307 e. The van der Waals surface area contributed by atoms with Gasteiger partial charge in [-0.3, -0.25) is 4.79 Å². The minimum Gasteiger partial charge on any atom is -0.492 e. The van der Waals surface area contributed by atoms with Gasteiger partial charge in [-0.1, -0.05) is 42.9 Å². The molecule has 0 amide bonds. The van der Waals surface area contributed by atoms with E-state index >= 15 is 0 Å². The van der Waals surface area contributed by atoms with Gasteiger partial charge in [0.1, 0.15) is 17.1 Å². The molecule has 2 aromatic carbocycles. The summed E-state index contributed by atoms with van der Waals surface area (Å²) >= 11 is 0. The molecular weight excluding hydrogens is 460 g/mol. The Morgan fingerprint density at radius 2 is 1.76 bits per heavy atom. The lowest BCUT2D eigenvalue weighted by molar-refractivity contribution is -0.138. The maximum atomic E-state index is 12.3. The Balaban J connectivity index is 1.68. The molecule has 0 radical (unpaired) electrons. The van der Waals surface area contributed by atoms with E-state index in [0.717, 1.165) is 79.6 Å². The number of fused-ring (bicyclic) bond motifs is 4. The summed E-state index contributed by atoms with van der Waals surface area (Å²) in [7, 11) is 0. The molecule has 0 N–H and O–H groups in total. The molecule has 0 aliphatic heterocycles. The summed E-state index contributed by atoms with van der Waals surface area (Å²) in [5.74, 6) is 8.66. The van der Waals surface area contributed by atoms with Gasteiger partial charge < -0.3 is 14.2 Å². The van der Waals surface area contributed by atoms with E-state index in [9.17, 15) is 4.79 Å². The van der Waals surface area contributed by atoms with Gasteiger partial charge in [0.15, 0.2) is 0 Å². The number of allylic oxidation sites excluding steroid dienone is 1. The zero-order valence-electron chi connectivity index (χ0n) is 22.2. The highest BCUT2D eigenvalue weighted by Gasteiger charge is 2.70. The van der Waals surface area contributed by atoms with E-state index in [-0.39, 0.29) is 17.3 Å². The Morgan fingerprint density at radius 3 is 2.49 bits per heavy atom. The quantitative estimate of drug-likeness (QED) is 0.350. The second kappa shape index (κ2) is 9.37. The topological polar surface area (TPSA) is 44.8 Å². The lowest BCUT2D eigenvalue weighted by Crippen LogP contribution is -2.40. The van der Waals surface area contributed by atoms with E-state index in [1.807, 2.05) is 25.1 Å². The van der Waals surface area contributed by atoms with E-state index in [2.05, 4.69) is 37.0 Å². The van der Waals surface area contributed by atoms with Crippen molar-refractivity contribution in [3.63, 3.8) is 0 Å². The molecule has 0 saturated heterocycles. The lowest BCUT2D eigenvalue weighted by atomic mass is 9.64. The molecule has 3 atom stereocenters. The van der Waals surface area contributed by atoms with Crippen molar-refractivity contribution >= 4 is 5.97 Å². The van der Waals surface area contributed by atoms with Crippen molar-refractivity contribution in [3.8, 4) is 17.6 Å². The minimum atomic E-state index is -0.657. The van der Waals surface area contributed by atoms with Crippen LogP contribution in [0.25, 0.3) is 0 Å². The molecular formula is C33H36O4. The third-order valence-electron chi connectivity index (χ3n) is 8.86. The SMILES string of the molecule is CCOc1c(C#Cc2ccccc2)c2c(c3c1[C@]1(OCC)C=C(OC(C)=O)[C@]34CCCC[C@@H]14)CCCC2. The average molecular weight is 497 g/mol. The highest BCUT2D eigenvalue weighted by atomic mass is 16.5. The Morgan fingerprint density at radius 1 is 0.973 bits per heavy atom. The molecule has 0 spiro atoms. The van der Waals surface area contributed by atoms with Crippen LogP contribution in [0.15, 0.2) is 42.2 Å². The molecule has 1 fully saturated rings. The Bertz CT molecular complexity index is 1330. The highest BCUT2D eigenvalue weighted by molar-refractivity contribution is 5.75. The van der Waals surface area contributed by atoms with Gasteiger partial charge >= 0.3 is 5.97 Å². The van der Waals surface area contributed by atoms with Crippen molar-refractivity contribution in [1.29, 1.82) is 0 Å². The van der Waals surface area contributed by atoms with Crippen molar-refractivity contribution < 1.29 is 19.0 Å². The molecule has 0 aromatic heterocycles. The second-order valence-electron chi connectivity index (χ2n) is 10.8. The Hall–Kier alpha value is -3.03. The van der Waals surface area contributed by atoms with Crippen LogP contribution in [0.2, 0.25) is 0 Å². The number of hydrogen-bond donors (Lipinski definition) is 0.